The molecule has 0 spiro atoms. The van der Waals surface area contributed by atoms with Gasteiger partial charge in [0.05, 0.1) is 0 Å². The fourth-order valence-electron chi connectivity index (χ4n) is 2.04. The minimum atomic E-state index is 0.778. The van der Waals surface area contributed by atoms with Gasteiger partial charge in [-0.25, -0.2) is 0 Å². The van der Waals surface area contributed by atoms with Crippen LogP contribution in [0.15, 0.2) is 0 Å². The largest absolute Gasteiger partial charge is 0.330 e. The van der Waals surface area contributed by atoms with Crippen molar-refractivity contribution in [2.45, 2.75) is 25.7 Å². The Morgan fingerprint density at radius 3 is 1.95 bits per heavy atom. The molecule has 0 aliphatic rings. The summed E-state index contributed by atoms with van der Waals surface area (Å²) in [7, 11) is 4.26. The van der Waals surface area contributed by atoms with Gasteiger partial charge in [-0.05, 0) is 92.1 Å². The molecule has 19 heavy (non-hydrogen) atoms. The van der Waals surface area contributed by atoms with E-state index in [4.69, 9.17) is 11.5 Å². The van der Waals surface area contributed by atoms with E-state index in [-0.39, 0.29) is 0 Å². The van der Waals surface area contributed by atoms with Crippen molar-refractivity contribution in [3.8, 4) is 0 Å². The topological polar surface area (TPSA) is 70.5 Å². The van der Waals surface area contributed by atoms with Crippen LogP contribution < -0.4 is 16.8 Å². The molecule has 0 rings (SSSR count). The van der Waals surface area contributed by atoms with Crippen LogP contribution in [0.5, 0.6) is 0 Å². The Labute approximate surface area is 119 Å². The lowest BCUT2D eigenvalue weighted by atomic mass is 10.3. The average Bonchev–Trinajstić information content (AvgIpc) is 2.38. The minimum absolute atomic E-state index is 0.778. The molecule has 0 aliphatic heterocycles. The molecular weight excluding hydrogens is 238 g/mol. The summed E-state index contributed by atoms with van der Waals surface area (Å²) in [4.78, 5) is 4.79. The standard InChI is InChI=1S/C14H35N5/c1-18(2)11-6-14-19(12-4-8-16)13-5-10-17-9-3-7-15/h17H,3-16H2,1-2H3. The van der Waals surface area contributed by atoms with Crippen LogP contribution in [0, 0.1) is 0 Å². The maximum absolute atomic E-state index is 5.60. The second-order valence-corrected chi connectivity index (χ2v) is 5.39. The highest BCUT2D eigenvalue weighted by Gasteiger charge is 2.04. The van der Waals surface area contributed by atoms with Crippen molar-refractivity contribution in [2.24, 2.45) is 11.5 Å². The number of nitrogens with two attached hydrogens (primary N) is 2. The molecule has 0 heterocycles. The fraction of sp³-hybridized carbons (Fsp3) is 1.00. The first-order valence-corrected chi connectivity index (χ1v) is 7.68. The van der Waals surface area contributed by atoms with Crippen molar-refractivity contribution < 1.29 is 0 Å². The zero-order valence-corrected chi connectivity index (χ0v) is 13.0. The smallest absolute Gasteiger partial charge is 0.000653 e. The summed E-state index contributed by atoms with van der Waals surface area (Å²) in [6.45, 7) is 8.34. The highest BCUT2D eigenvalue weighted by molar-refractivity contribution is 4.61. The van der Waals surface area contributed by atoms with E-state index >= 15 is 0 Å². The minimum Gasteiger partial charge on any atom is -0.330 e. The van der Waals surface area contributed by atoms with Crippen LogP contribution in [0.3, 0.4) is 0 Å². The summed E-state index contributed by atoms with van der Waals surface area (Å²) in [6.07, 6.45) is 4.61. The van der Waals surface area contributed by atoms with E-state index in [0.29, 0.717) is 0 Å². The molecule has 0 unspecified atom stereocenters. The summed E-state index contributed by atoms with van der Waals surface area (Å²) in [6, 6.07) is 0. The van der Waals surface area contributed by atoms with Gasteiger partial charge in [0.2, 0.25) is 0 Å². The summed E-state index contributed by atoms with van der Waals surface area (Å²) in [5.41, 5.74) is 11.1. The van der Waals surface area contributed by atoms with E-state index in [0.717, 1.165) is 52.1 Å². The first kappa shape index (κ1) is 18.8. The van der Waals surface area contributed by atoms with Crippen molar-refractivity contribution in [2.75, 3.05) is 66.5 Å². The molecule has 116 valence electrons. The third-order valence-electron chi connectivity index (χ3n) is 3.14. The Bertz CT molecular complexity index is 175. The number of nitrogens with one attached hydrogen (secondary N) is 1. The summed E-state index contributed by atoms with van der Waals surface area (Å²) >= 11 is 0. The summed E-state index contributed by atoms with van der Waals surface area (Å²) in [5.74, 6) is 0. The molecule has 0 aromatic carbocycles. The van der Waals surface area contributed by atoms with E-state index in [1.165, 1.54) is 25.9 Å². The van der Waals surface area contributed by atoms with Gasteiger partial charge in [-0.2, -0.15) is 0 Å². The molecule has 0 saturated carbocycles. The zero-order chi connectivity index (χ0) is 14.3. The van der Waals surface area contributed by atoms with Crippen molar-refractivity contribution in [3.63, 3.8) is 0 Å². The van der Waals surface area contributed by atoms with Crippen molar-refractivity contribution in [1.29, 1.82) is 0 Å². The highest BCUT2D eigenvalue weighted by Crippen LogP contribution is 1.97. The number of hydrogen-bond acceptors (Lipinski definition) is 5. The highest BCUT2D eigenvalue weighted by atomic mass is 15.1. The van der Waals surface area contributed by atoms with E-state index < -0.39 is 0 Å². The van der Waals surface area contributed by atoms with Crippen LogP contribution >= 0.6 is 0 Å². The van der Waals surface area contributed by atoms with Gasteiger partial charge in [0.25, 0.3) is 0 Å². The Kier molecular flexibility index (Phi) is 14.1. The lowest BCUT2D eigenvalue weighted by molar-refractivity contribution is 0.250. The second kappa shape index (κ2) is 14.2. The first-order valence-electron chi connectivity index (χ1n) is 7.68. The molecule has 5 heteroatoms. The Morgan fingerprint density at radius 2 is 1.32 bits per heavy atom. The van der Waals surface area contributed by atoms with E-state index in [1.807, 2.05) is 0 Å². The molecule has 0 bridgehead atoms. The van der Waals surface area contributed by atoms with Gasteiger partial charge in [-0.1, -0.05) is 0 Å². The molecule has 0 radical (unpaired) electrons. The first-order chi connectivity index (χ1) is 9.20. The van der Waals surface area contributed by atoms with Gasteiger partial charge in [0.15, 0.2) is 0 Å². The summed E-state index contributed by atoms with van der Waals surface area (Å²) < 4.78 is 0. The van der Waals surface area contributed by atoms with Crippen LogP contribution in [-0.4, -0.2) is 76.3 Å². The molecule has 0 fully saturated rings. The lowest BCUT2D eigenvalue weighted by Gasteiger charge is -2.23. The van der Waals surface area contributed by atoms with Crippen LogP contribution in [-0.2, 0) is 0 Å². The number of hydrogen-bond donors (Lipinski definition) is 3. The maximum atomic E-state index is 5.60. The molecule has 5 nitrogen and oxygen atoms in total. The molecule has 0 amide bonds. The number of rotatable bonds is 14. The second-order valence-electron chi connectivity index (χ2n) is 5.39. The summed E-state index contributed by atoms with van der Waals surface area (Å²) in [5, 5.41) is 3.43. The molecular formula is C14H35N5. The average molecular weight is 273 g/mol. The van der Waals surface area contributed by atoms with Crippen molar-refractivity contribution >= 4 is 0 Å². The van der Waals surface area contributed by atoms with E-state index in [1.54, 1.807) is 0 Å². The predicted octanol–water partition coefficient (Wildman–Crippen LogP) is -0.0826. The van der Waals surface area contributed by atoms with Crippen LogP contribution in [0.1, 0.15) is 25.7 Å². The molecule has 5 N–H and O–H groups in total. The van der Waals surface area contributed by atoms with Crippen LogP contribution in [0.25, 0.3) is 0 Å². The van der Waals surface area contributed by atoms with Crippen molar-refractivity contribution in [1.82, 2.24) is 15.1 Å². The molecule has 0 saturated heterocycles. The monoisotopic (exact) mass is 273 g/mol. The van der Waals surface area contributed by atoms with Crippen LogP contribution in [0.4, 0.5) is 0 Å². The van der Waals surface area contributed by atoms with E-state index in [9.17, 15) is 0 Å². The quantitative estimate of drug-likeness (QED) is 0.386. The van der Waals surface area contributed by atoms with Crippen LogP contribution in [0.2, 0.25) is 0 Å². The predicted molar refractivity (Wildman–Crippen MR) is 84.4 cm³/mol. The van der Waals surface area contributed by atoms with E-state index in [2.05, 4.69) is 29.2 Å². The maximum Gasteiger partial charge on any atom is -0.000653 e. The number of nitrogens with zero attached hydrogens (tertiary/aromatic N) is 2. The Hall–Kier alpha value is -0.200. The molecule has 0 aliphatic carbocycles. The third kappa shape index (κ3) is 14.0. The SMILES string of the molecule is CN(C)CCCN(CCCN)CCCNCCCN. The van der Waals surface area contributed by atoms with Gasteiger partial charge in [-0.15, -0.1) is 0 Å². The van der Waals surface area contributed by atoms with Gasteiger partial charge >= 0.3 is 0 Å². The molecule has 0 aromatic rings. The Balaban J connectivity index is 3.61. The lowest BCUT2D eigenvalue weighted by Crippen LogP contribution is -2.32. The molecule has 0 atom stereocenters. The van der Waals surface area contributed by atoms with Gasteiger partial charge in [0.1, 0.15) is 0 Å². The third-order valence-corrected chi connectivity index (χ3v) is 3.14. The zero-order valence-electron chi connectivity index (χ0n) is 13.0. The Morgan fingerprint density at radius 1 is 0.737 bits per heavy atom. The molecule has 0 aromatic heterocycles. The van der Waals surface area contributed by atoms with Gasteiger partial charge in [-0.3, -0.25) is 0 Å². The van der Waals surface area contributed by atoms with Gasteiger partial charge < -0.3 is 26.6 Å². The van der Waals surface area contributed by atoms with Crippen molar-refractivity contribution in [3.05, 3.63) is 0 Å². The fourth-order valence-corrected chi connectivity index (χ4v) is 2.04. The van der Waals surface area contributed by atoms with Gasteiger partial charge in [0, 0.05) is 0 Å². The normalized spacial score (nSPS) is 11.7.